The van der Waals surface area contributed by atoms with Crippen LogP contribution in [0, 0.1) is 0 Å². The Morgan fingerprint density at radius 3 is 2.62 bits per heavy atom. The molecule has 0 saturated carbocycles. The molecule has 0 unspecified atom stereocenters. The van der Waals surface area contributed by atoms with Gasteiger partial charge in [0.25, 0.3) is 0 Å². The quantitative estimate of drug-likeness (QED) is 0.770. The number of aliphatic hydroxyl groups is 1. The van der Waals surface area contributed by atoms with Gasteiger partial charge in [0.05, 0.1) is 25.9 Å². The normalized spacial score (nSPS) is 23.3. The Labute approximate surface area is 145 Å². The van der Waals surface area contributed by atoms with E-state index in [4.69, 9.17) is 9.47 Å². The lowest BCUT2D eigenvalue weighted by Gasteiger charge is -2.29. The maximum atomic E-state index is 9.74. The zero-order chi connectivity index (χ0) is 16.6. The number of β-amino-alcohol motifs (C(OH)–C–C–N with tert-alkyl or cyclic N) is 1. The van der Waals surface area contributed by atoms with Crippen molar-refractivity contribution >= 4 is 0 Å². The van der Waals surface area contributed by atoms with Crippen molar-refractivity contribution in [1.82, 2.24) is 9.80 Å². The standard InChI is InChI=1S/C19H30N2O3/c22-18-3-1-8-21(16-18)15-17-4-6-19(7-5-17)24-12-2-9-20-10-13-23-14-11-20/h4-7,18,22H,1-3,8-16H2/t18-/m0/s1. The highest BCUT2D eigenvalue weighted by Crippen LogP contribution is 2.17. The number of aliphatic hydroxyl groups excluding tert-OH is 1. The van der Waals surface area contributed by atoms with E-state index in [0.29, 0.717) is 0 Å². The predicted molar refractivity (Wildman–Crippen MR) is 94.3 cm³/mol. The molecule has 1 atom stereocenters. The minimum absolute atomic E-state index is 0.159. The van der Waals surface area contributed by atoms with Crippen LogP contribution in [0.25, 0.3) is 0 Å². The average molecular weight is 334 g/mol. The van der Waals surface area contributed by atoms with Gasteiger partial charge in [0.2, 0.25) is 0 Å². The van der Waals surface area contributed by atoms with Crippen LogP contribution in [0.4, 0.5) is 0 Å². The van der Waals surface area contributed by atoms with E-state index in [0.717, 1.165) is 84.1 Å². The first-order valence-electron chi connectivity index (χ1n) is 9.22. The van der Waals surface area contributed by atoms with E-state index in [9.17, 15) is 5.11 Å². The molecular weight excluding hydrogens is 304 g/mol. The van der Waals surface area contributed by atoms with Gasteiger partial charge in [0, 0.05) is 32.7 Å². The monoisotopic (exact) mass is 334 g/mol. The summed E-state index contributed by atoms with van der Waals surface area (Å²) >= 11 is 0. The average Bonchev–Trinajstić information content (AvgIpc) is 2.61. The smallest absolute Gasteiger partial charge is 0.119 e. The van der Waals surface area contributed by atoms with Gasteiger partial charge in [-0.1, -0.05) is 12.1 Å². The predicted octanol–water partition coefficient (Wildman–Crippen LogP) is 1.74. The third-order valence-electron chi connectivity index (χ3n) is 4.80. The van der Waals surface area contributed by atoms with Crippen molar-refractivity contribution in [3.63, 3.8) is 0 Å². The van der Waals surface area contributed by atoms with Gasteiger partial charge < -0.3 is 14.6 Å². The maximum Gasteiger partial charge on any atom is 0.119 e. The molecule has 1 aromatic rings. The molecule has 5 nitrogen and oxygen atoms in total. The summed E-state index contributed by atoms with van der Waals surface area (Å²) in [6.07, 6.45) is 2.92. The third kappa shape index (κ3) is 5.74. The third-order valence-corrected chi connectivity index (χ3v) is 4.80. The lowest BCUT2D eigenvalue weighted by Crippen LogP contribution is -2.37. The highest BCUT2D eigenvalue weighted by molar-refractivity contribution is 5.27. The van der Waals surface area contributed by atoms with Crippen LogP contribution in [0.3, 0.4) is 0 Å². The fourth-order valence-electron chi connectivity index (χ4n) is 3.43. The number of rotatable bonds is 7. The summed E-state index contributed by atoms with van der Waals surface area (Å²) in [7, 11) is 0. The van der Waals surface area contributed by atoms with Gasteiger partial charge in [0.15, 0.2) is 0 Å². The van der Waals surface area contributed by atoms with E-state index in [1.807, 2.05) is 0 Å². The molecule has 134 valence electrons. The number of likely N-dealkylation sites (tertiary alicyclic amines) is 1. The first-order valence-corrected chi connectivity index (χ1v) is 9.22. The number of nitrogens with zero attached hydrogens (tertiary/aromatic N) is 2. The summed E-state index contributed by atoms with van der Waals surface area (Å²) in [5, 5.41) is 9.74. The van der Waals surface area contributed by atoms with Crippen LogP contribution < -0.4 is 4.74 Å². The molecule has 2 aliphatic rings. The topological polar surface area (TPSA) is 45.2 Å². The second-order valence-electron chi connectivity index (χ2n) is 6.83. The van der Waals surface area contributed by atoms with E-state index in [1.54, 1.807) is 0 Å². The molecular formula is C19H30N2O3. The Morgan fingerprint density at radius 2 is 1.88 bits per heavy atom. The van der Waals surface area contributed by atoms with E-state index in [2.05, 4.69) is 34.1 Å². The fraction of sp³-hybridized carbons (Fsp3) is 0.684. The van der Waals surface area contributed by atoms with Gasteiger partial charge in [-0.3, -0.25) is 9.80 Å². The highest BCUT2D eigenvalue weighted by Gasteiger charge is 2.17. The molecule has 3 rings (SSSR count). The van der Waals surface area contributed by atoms with E-state index in [-0.39, 0.29) is 6.10 Å². The Kier molecular flexibility index (Phi) is 6.90. The van der Waals surface area contributed by atoms with Crippen LogP contribution in [0.15, 0.2) is 24.3 Å². The number of ether oxygens (including phenoxy) is 2. The lowest BCUT2D eigenvalue weighted by atomic mass is 10.1. The summed E-state index contributed by atoms with van der Waals surface area (Å²) in [6.45, 7) is 8.42. The molecule has 2 saturated heterocycles. The van der Waals surface area contributed by atoms with Gasteiger partial charge in [0.1, 0.15) is 5.75 Å². The number of benzene rings is 1. The molecule has 2 aliphatic heterocycles. The molecule has 0 aliphatic carbocycles. The zero-order valence-electron chi connectivity index (χ0n) is 14.5. The molecule has 0 radical (unpaired) electrons. The summed E-state index contributed by atoms with van der Waals surface area (Å²) in [4.78, 5) is 4.76. The molecule has 2 fully saturated rings. The van der Waals surface area contributed by atoms with Crippen molar-refractivity contribution in [2.45, 2.75) is 31.9 Å². The summed E-state index contributed by atoms with van der Waals surface area (Å²) in [5.41, 5.74) is 1.28. The molecule has 0 spiro atoms. The molecule has 0 amide bonds. The molecule has 5 heteroatoms. The number of morpholine rings is 1. The van der Waals surface area contributed by atoms with Crippen molar-refractivity contribution in [2.75, 3.05) is 52.5 Å². The van der Waals surface area contributed by atoms with Gasteiger partial charge in [-0.05, 0) is 43.5 Å². The minimum Gasteiger partial charge on any atom is -0.494 e. The Hall–Kier alpha value is -1.14. The van der Waals surface area contributed by atoms with Crippen molar-refractivity contribution in [3.05, 3.63) is 29.8 Å². The van der Waals surface area contributed by atoms with Crippen LogP contribution in [0.5, 0.6) is 5.75 Å². The van der Waals surface area contributed by atoms with Gasteiger partial charge in [-0.2, -0.15) is 0 Å². The summed E-state index contributed by atoms with van der Waals surface area (Å²) in [5.74, 6) is 0.944. The van der Waals surface area contributed by atoms with Crippen LogP contribution >= 0.6 is 0 Å². The summed E-state index contributed by atoms with van der Waals surface area (Å²) < 4.78 is 11.2. The number of hydrogen-bond donors (Lipinski definition) is 1. The van der Waals surface area contributed by atoms with Crippen LogP contribution in [-0.2, 0) is 11.3 Å². The highest BCUT2D eigenvalue weighted by atomic mass is 16.5. The Balaban J connectivity index is 1.35. The fourth-order valence-corrected chi connectivity index (χ4v) is 3.43. The molecule has 0 aromatic heterocycles. The molecule has 0 bridgehead atoms. The second-order valence-corrected chi connectivity index (χ2v) is 6.83. The molecule has 1 N–H and O–H groups in total. The Bertz CT molecular complexity index is 474. The van der Waals surface area contributed by atoms with Crippen LogP contribution in [-0.4, -0.2) is 73.6 Å². The SMILES string of the molecule is O[C@H]1CCCN(Cc2ccc(OCCCN3CCOCC3)cc2)C1. The number of piperidine rings is 1. The van der Waals surface area contributed by atoms with E-state index in [1.165, 1.54) is 5.56 Å². The van der Waals surface area contributed by atoms with Gasteiger partial charge in [-0.15, -0.1) is 0 Å². The van der Waals surface area contributed by atoms with Crippen molar-refractivity contribution in [3.8, 4) is 5.75 Å². The van der Waals surface area contributed by atoms with Gasteiger partial charge >= 0.3 is 0 Å². The lowest BCUT2D eigenvalue weighted by molar-refractivity contribution is 0.0358. The Morgan fingerprint density at radius 1 is 1.08 bits per heavy atom. The first-order chi connectivity index (χ1) is 11.8. The molecule has 24 heavy (non-hydrogen) atoms. The van der Waals surface area contributed by atoms with Crippen molar-refractivity contribution in [1.29, 1.82) is 0 Å². The zero-order valence-corrected chi connectivity index (χ0v) is 14.5. The largest absolute Gasteiger partial charge is 0.494 e. The van der Waals surface area contributed by atoms with E-state index >= 15 is 0 Å². The number of hydrogen-bond acceptors (Lipinski definition) is 5. The van der Waals surface area contributed by atoms with Gasteiger partial charge in [-0.25, -0.2) is 0 Å². The minimum atomic E-state index is -0.159. The maximum absolute atomic E-state index is 9.74. The van der Waals surface area contributed by atoms with E-state index < -0.39 is 0 Å². The summed E-state index contributed by atoms with van der Waals surface area (Å²) in [6, 6.07) is 8.39. The van der Waals surface area contributed by atoms with Crippen LogP contribution in [0.2, 0.25) is 0 Å². The van der Waals surface area contributed by atoms with Crippen molar-refractivity contribution < 1.29 is 14.6 Å². The first kappa shape index (κ1) is 17.7. The molecule has 1 aromatic carbocycles. The molecule has 2 heterocycles. The second kappa shape index (κ2) is 9.37. The van der Waals surface area contributed by atoms with Crippen molar-refractivity contribution in [2.24, 2.45) is 0 Å². The van der Waals surface area contributed by atoms with Crippen LogP contribution in [0.1, 0.15) is 24.8 Å².